The Balaban J connectivity index is 1.78. The van der Waals surface area contributed by atoms with Crippen molar-refractivity contribution in [1.29, 1.82) is 0 Å². The number of ether oxygens (including phenoxy) is 1. The Morgan fingerprint density at radius 2 is 1.88 bits per heavy atom. The van der Waals surface area contributed by atoms with E-state index in [4.69, 9.17) is 4.74 Å². The summed E-state index contributed by atoms with van der Waals surface area (Å²) in [6, 6.07) is 10.3. The largest absolute Gasteiger partial charge is 0.465 e. The molecule has 10 heteroatoms. The summed E-state index contributed by atoms with van der Waals surface area (Å²) in [6.07, 6.45) is -0.00295. The SMILES string of the molecule is CCOC(=O)Cn1c(=NC(=O)CCCS(=O)(=O)c2ccc(F)cc2)sc2cc(C)ccc21. The van der Waals surface area contributed by atoms with Crippen molar-refractivity contribution in [3.05, 3.63) is 58.6 Å². The predicted molar refractivity (Wildman–Crippen MR) is 119 cm³/mol. The average Bonchev–Trinajstić information content (AvgIpc) is 3.04. The molecule has 1 amide bonds. The third-order valence-electron chi connectivity index (χ3n) is 4.63. The van der Waals surface area contributed by atoms with Gasteiger partial charge in [-0.2, -0.15) is 4.99 Å². The third kappa shape index (κ3) is 5.89. The molecule has 0 aliphatic rings. The van der Waals surface area contributed by atoms with E-state index in [0.29, 0.717) is 4.80 Å². The number of hydrogen-bond acceptors (Lipinski definition) is 6. The molecule has 0 atom stereocenters. The number of thiazole rings is 1. The van der Waals surface area contributed by atoms with Gasteiger partial charge in [0.05, 0.1) is 27.5 Å². The van der Waals surface area contributed by atoms with Gasteiger partial charge in [-0.3, -0.25) is 9.59 Å². The first-order chi connectivity index (χ1) is 15.2. The fraction of sp³-hybridized carbons (Fsp3) is 0.318. The molecule has 3 rings (SSSR count). The van der Waals surface area contributed by atoms with Gasteiger partial charge in [0.1, 0.15) is 12.4 Å². The standard InChI is InChI=1S/C22H23FN2O5S2/c1-3-30-21(27)14-25-18-11-6-15(2)13-19(18)31-22(25)24-20(26)5-4-12-32(28,29)17-9-7-16(23)8-10-17/h6-11,13H,3-5,12,14H2,1-2H3. The van der Waals surface area contributed by atoms with Crippen molar-refractivity contribution in [3.63, 3.8) is 0 Å². The van der Waals surface area contributed by atoms with Crippen molar-refractivity contribution >= 4 is 43.3 Å². The molecule has 0 saturated carbocycles. The zero-order valence-corrected chi connectivity index (χ0v) is 19.3. The minimum atomic E-state index is -3.63. The van der Waals surface area contributed by atoms with E-state index in [1.807, 2.05) is 25.1 Å². The fourth-order valence-electron chi connectivity index (χ4n) is 3.09. The molecular weight excluding hydrogens is 455 g/mol. The van der Waals surface area contributed by atoms with Crippen molar-refractivity contribution < 1.29 is 27.1 Å². The quantitative estimate of drug-likeness (QED) is 0.365. The predicted octanol–water partition coefficient (Wildman–Crippen LogP) is 3.39. The van der Waals surface area contributed by atoms with Crippen LogP contribution >= 0.6 is 11.3 Å². The van der Waals surface area contributed by atoms with Crippen LogP contribution in [0.1, 0.15) is 25.3 Å². The Morgan fingerprint density at radius 3 is 2.56 bits per heavy atom. The lowest BCUT2D eigenvalue weighted by atomic mass is 10.2. The Labute approximate surface area is 189 Å². The maximum Gasteiger partial charge on any atom is 0.326 e. The van der Waals surface area contributed by atoms with Gasteiger partial charge in [0.25, 0.3) is 0 Å². The van der Waals surface area contributed by atoms with Gasteiger partial charge < -0.3 is 9.30 Å². The maximum absolute atomic E-state index is 13.0. The van der Waals surface area contributed by atoms with Gasteiger partial charge in [0.2, 0.25) is 5.91 Å². The molecule has 0 N–H and O–H groups in total. The maximum atomic E-state index is 13.0. The summed E-state index contributed by atoms with van der Waals surface area (Å²) >= 11 is 1.28. The van der Waals surface area contributed by atoms with E-state index in [1.165, 1.54) is 23.5 Å². The summed E-state index contributed by atoms with van der Waals surface area (Å²) in [5.41, 5.74) is 1.80. The Hall–Kier alpha value is -2.85. The van der Waals surface area contributed by atoms with E-state index in [-0.39, 0.29) is 36.6 Å². The molecule has 0 bridgehead atoms. The molecule has 0 radical (unpaired) electrons. The molecule has 1 heterocycles. The molecule has 32 heavy (non-hydrogen) atoms. The molecule has 170 valence electrons. The number of rotatable bonds is 8. The van der Waals surface area contributed by atoms with Gasteiger partial charge >= 0.3 is 5.97 Å². The Bertz CT molecular complexity index is 1310. The molecule has 0 aliphatic carbocycles. The van der Waals surface area contributed by atoms with E-state index in [2.05, 4.69) is 4.99 Å². The number of carbonyl (C=O) groups excluding carboxylic acids is 2. The third-order valence-corrected chi connectivity index (χ3v) is 7.49. The van der Waals surface area contributed by atoms with Crippen LogP contribution in [-0.2, 0) is 30.7 Å². The topological polar surface area (TPSA) is 94.8 Å². The van der Waals surface area contributed by atoms with Crippen molar-refractivity contribution in [2.24, 2.45) is 4.99 Å². The van der Waals surface area contributed by atoms with Crippen LogP contribution in [0, 0.1) is 12.7 Å². The molecule has 0 spiro atoms. The number of benzene rings is 2. The van der Waals surface area contributed by atoms with E-state index in [9.17, 15) is 22.4 Å². The molecule has 0 fully saturated rings. The van der Waals surface area contributed by atoms with Crippen LogP contribution in [0.4, 0.5) is 4.39 Å². The van der Waals surface area contributed by atoms with E-state index in [1.54, 1.807) is 11.5 Å². The first kappa shape index (κ1) is 23.8. The van der Waals surface area contributed by atoms with Gasteiger partial charge in [0.15, 0.2) is 14.6 Å². The summed E-state index contributed by atoms with van der Waals surface area (Å²) in [7, 11) is -3.63. The summed E-state index contributed by atoms with van der Waals surface area (Å²) < 4.78 is 45.2. The van der Waals surface area contributed by atoms with Gasteiger partial charge in [-0.25, -0.2) is 12.8 Å². The number of aromatic nitrogens is 1. The first-order valence-corrected chi connectivity index (χ1v) is 12.5. The van der Waals surface area contributed by atoms with Crippen molar-refractivity contribution in [1.82, 2.24) is 4.57 Å². The number of fused-ring (bicyclic) bond motifs is 1. The van der Waals surface area contributed by atoms with Crippen LogP contribution in [0.5, 0.6) is 0 Å². The van der Waals surface area contributed by atoms with Gasteiger partial charge in [-0.15, -0.1) is 0 Å². The number of aryl methyl sites for hydroxylation is 1. The number of sulfone groups is 1. The second-order valence-electron chi connectivity index (χ2n) is 7.13. The van der Waals surface area contributed by atoms with E-state index >= 15 is 0 Å². The summed E-state index contributed by atoms with van der Waals surface area (Å²) in [5, 5.41) is 0. The average molecular weight is 479 g/mol. The zero-order chi connectivity index (χ0) is 23.3. The number of nitrogens with zero attached hydrogens (tertiary/aromatic N) is 2. The first-order valence-electron chi connectivity index (χ1n) is 10.0. The minimum Gasteiger partial charge on any atom is -0.465 e. The summed E-state index contributed by atoms with van der Waals surface area (Å²) in [4.78, 5) is 29.0. The zero-order valence-electron chi connectivity index (χ0n) is 17.7. The van der Waals surface area contributed by atoms with E-state index in [0.717, 1.165) is 27.9 Å². The lowest BCUT2D eigenvalue weighted by Gasteiger charge is -2.05. The highest BCUT2D eigenvalue weighted by Crippen LogP contribution is 2.19. The number of hydrogen-bond donors (Lipinski definition) is 0. The fourth-order valence-corrected chi connectivity index (χ4v) is 5.55. The van der Waals surface area contributed by atoms with Crippen LogP contribution in [0.2, 0.25) is 0 Å². The highest BCUT2D eigenvalue weighted by Gasteiger charge is 2.16. The monoisotopic (exact) mass is 478 g/mol. The minimum absolute atomic E-state index is 0.00967. The lowest BCUT2D eigenvalue weighted by Crippen LogP contribution is -2.23. The second kappa shape index (κ2) is 10.2. The van der Waals surface area contributed by atoms with Crippen LogP contribution in [-0.4, -0.2) is 37.2 Å². The van der Waals surface area contributed by atoms with Crippen molar-refractivity contribution in [3.8, 4) is 0 Å². The van der Waals surface area contributed by atoms with E-state index < -0.39 is 27.5 Å². The molecular formula is C22H23FN2O5S2. The summed E-state index contributed by atoms with van der Waals surface area (Å²) in [6.45, 7) is 3.82. The van der Waals surface area contributed by atoms with Crippen LogP contribution in [0.3, 0.4) is 0 Å². The smallest absolute Gasteiger partial charge is 0.326 e. The lowest BCUT2D eigenvalue weighted by molar-refractivity contribution is -0.143. The van der Waals surface area contributed by atoms with Crippen LogP contribution in [0.25, 0.3) is 10.2 Å². The van der Waals surface area contributed by atoms with Gasteiger partial charge in [-0.1, -0.05) is 17.4 Å². The van der Waals surface area contributed by atoms with Crippen LogP contribution < -0.4 is 4.80 Å². The van der Waals surface area contributed by atoms with Gasteiger partial charge in [-0.05, 0) is 62.2 Å². The van der Waals surface area contributed by atoms with Crippen molar-refractivity contribution in [2.75, 3.05) is 12.4 Å². The molecule has 0 unspecified atom stereocenters. The normalized spacial score (nSPS) is 12.3. The summed E-state index contributed by atoms with van der Waals surface area (Å²) in [5.74, 6) is -1.70. The van der Waals surface area contributed by atoms with Gasteiger partial charge in [0, 0.05) is 6.42 Å². The second-order valence-corrected chi connectivity index (χ2v) is 10.2. The van der Waals surface area contributed by atoms with Crippen LogP contribution in [0.15, 0.2) is 52.4 Å². The highest BCUT2D eigenvalue weighted by molar-refractivity contribution is 7.91. The molecule has 7 nitrogen and oxygen atoms in total. The highest BCUT2D eigenvalue weighted by atomic mass is 32.2. The number of carbonyl (C=O) groups is 2. The Kier molecular flexibility index (Phi) is 7.57. The molecule has 0 aliphatic heterocycles. The number of halogens is 1. The number of amides is 1. The molecule has 2 aromatic carbocycles. The molecule has 0 saturated heterocycles. The Morgan fingerprint density at radius 1 is 1.16 bits per heavy atom. The molecule has 1 aromatic heterocycles. The molecule has 3 aromatic rings. The number of esters is 1. The van der Waals surface area contributed by atoms with Crippen molar-refractivity contribution in [2.45, 2.75) is 38.1 Å².